The van der Waals surface area contributed by atoms with Crippen LogP contribution in [0.2, 0.25) is 0 Å². The number of hydrogen-bond acceptors (Lipinski definition) is 3. The lowest BCUT2D eigenvalue weighted by Gasteiger charge is -2.29. The lowest BCUT2D eigenvalue weighted by molar-refractivity contribution is -0.124. The maximum absolute atomic E-state index is 11.3. The molecule has 0 bridgehead atoms. The Morgan fingerprint density at radius 1 is 1.19 bits per heavy atom. The number of nitrogens with zero attached hydrogens (tertiary/aromatic N) is 1. The Morgan fingerprint density at radius 3 is 2.77 bits per heavy atom. The molecule has 0 unspecified atom stereocenters. The van der Waals surface area contributed by atoms with E-state index in [-0.39, 0.29) is 5.41 Å². The van der Waals surface area contributed by atoms with Gasteiger partial charge in [0.1, 0.15) is 0 Å². The van der Waals surface area contributed by atoms with Gasteiger partial charge in [-0.1, -0.05) is 57.2 Å². The van der Waals surface area contributed by atoms with Crippen LogP contribution in [-0.4, -0.2) is 34.1 Å². The van der Waals surface area contributed by atoms with E-state index in [0.717, 1.165) is 38.0 Å². The Kier molecular flexibility index (Phi) is 5.99. The van der Waals surface area contributed by atoms with Crippen LogP contribution in [0.3, 0.4) is 0 Å². The normalized spacial score (nSPS) is 14.8. The maximum Gasteiger partial charge on any atom is 0.267 e. The first kappa shape index (κ1) is 21.3. The van der Waals surface area contributed by atoms with Crippen LogP contribution in [0.25, 0.3) is 17.0 Å². The van der Waals surface area contributed by atoms with Crippen LogP contribution in [0.5, 0.6) is 0 Å². The molecule has 162 valence electrons. The molecule has 1 amide bonds. The number of aromatic nitrogens is 1. The molecule has 1 aliphatic rings. The van der Waals surface area contributed by atoms with Crippen molar-refractivity contribution in [2.75, 3.05) is 13.1 Å². The molecule has 5 heteroatoms. The van der Waals surface area contributed by atoms with Crippen molar-refractivity contribution < 1.29 is 10.0 Å². The van der Waals surface area contributed by atoms with E-state index in [1.54, 1.807) is 11.6 Å². The minimum absolute atomic E-state index is 0.0744. The number of benzene rings is 2. The van der Waals surface area contributed by atoms with Crippen molar-refractivity contribution in [1.82, 2.24) is 15.4 Å². The summed E-state index contributed by atoms with van der Waals surface area (Å²) in [6.45, 7) is 9.79. The fraction of sp³-hybridized carbons (Fsp3) is 0.346. The highest BCUT2D eigenvalue weighted by Gasteiger charge is 2.23. The van der Waals surface area contributed by atoms with Crippen LogP contribution < -0.4 is 5.48 Å². The molecule has 1 aromatic heterocycles. The Bertz CT molecular complexity index is 1120. The van der Waals surface area contributed by atoms with Gasteiger partial charge in [0.25, 0.3) is 5.91 Å². The van der Waals surface area contributed by atoms with E-state index in [2.05, 4.69) is 67.1 Å². The molecule has 0 atom stereocenters. The van der Waals surface area contributed by atoms with Gasteiger partial charge in [0.2, 0.25) is 0 Å². The first-order chi connectivity index (χ1) is 14.8. The van der Waals surface area contributed by atoms with Crippen LogP contribution in [0, 0.1) is 0 Å². The number of hydroxylamine groups is 1. The average Bonchev–Trinajstić information content (AvgIpc) is 3.15. The van der Waals surface area contributed by atoms with Crippen molar-refractivity contribution in [2.45, 2.75) is 45.6 Å². The highest BCUT2D eigenvalue weighted by molar-refractivity contribution is 5.90. The second-order valence-electron chi connectivity index (χ2n) is 9.39. The molecule has 0 spiro atoms. The summed E-state index contributed by atoms with van der Waals surface area (Å²) in [6.07, 6.45) is 5.12. The summed E-state index contributed by atoms with van der Waals surface area (Å²) in [6, 6.07) is 14.9. The zero-order valence-corrected chi connectivity index (χ0v) is 18.5. The number of aromatic amines is 1. The number of nitrogens with one attached hydrogen (secondary N) is 2. The van der Waals surface area contributed by atoms with Gasteiger partial charge < -0.3 is 4.98 Å². The number of carbonyl (C=O) groups excluding carboxylic acids is 1. The highest BCUT2D eigenvalue weighted by Crippen LogP contribution is 2.32. The molecule has 3 aromatic rings. The fourth-order valence-electron chi connectivity index (χ4n) is 4.51. The third-order valence-electron chi connectivity index (χ3n) is 6.10. The molecule has 0 saturated carbocycles. The number of amides is 1. The predicted molar refractivity (Wildman–Crippen MR) is 125 cm³/mol. The van der Waals surface area contributed by atoms with Crippen LogP contribution in [0.15, 0.2) is 48.5 Å². The first-order valence-corrected chi connectivity index (χ1v) is 10.9. The Morgan fingerprint density at radius 2 is 2.00 bits per heavy atom. The summed E-state index contributed by atoms with van der Waals surface area (Å²) in [5.74, 6) is -0.521. The lowest BCUT2D eigenvalue weighted by Crippen LogP contribution is -2.32. The van der Waals surface area contributed by atoms with Gasteiger partial charge in [-0.2, -0.15) is 0 Å². The monoisotopic (exact) mass is 417 g/mol. The number of hydrogen-bond donors (Lipinski definition) is 3. The zero-order valence-electron chi connectivity index (χ0n) is 18.5. The van der Waals surface area contributed by atoms with E-state index in [1.807, 2.05) is 6.07 Å². The van der Waals surface area contributed by atoms with Gasteiger partial charge in [-0.25, -0.2) is 5.48 Å². The second kappa shape index (κ2) is 8.69. The SMILES string of the molecule is CC(C)(C)c1[nH]c2ccccc2c1CCN1CCc2ccc(C=CC(=O)NO)cc2C1. The van der Waals surface area contributed by atoms with Crippen molar-refractivity contribution in [3.8, 4) is 0 Å². The molecule has 0 aliphatic carbocycles. The van der Waals surface area contributed by atoms with Crippen molar-refractivity contribution in [1.29, 1.82) is 0 Å². The molecule has 2 heterocycles. The first-order valence-electron chi connectivity index (χ1n) is 10.9. The number of carbonyl (C=O) groups is 1. The van der Waals surface area contributed by atoms with Crippen molar-refractivity contribution in [2.24, 2.45) is 0 Å². The van der Waals surface area contributed by atoms with Gasteiger partial charge in [-0.15, -0.1) is 0 Å². The van der Waals surface area contributed by atoms with Crippen LogP contribution in [0.4, 0.5) is 0 Å². The minimum Gasteiger partial charge on any atom is -0.358 e. The molecule has 5 nitrogen and oxygen atoms in total. The molecule has 2 aromatic carbocycles. The molecular formula is C26H31N3O2. The Hall–Kier alpha value is -2.89. The van der Waals surface area contributed by atoms with Gasteiger partial charge in [0, 0.05) is 47.7 Å². The van der Waals surface area contributed by atoms with Crippen molar-refractivity contribution in [3.05, 3.63) is 76.5 Å². The van der Waals surface area contributed by atoms with E-state index >= 15 is 0 Å². The van der Waals surface area contributed by atoms with Gasteiger partial charge >= 0.3 is 0 Å². The molecule has 0 saturated heterocycles. The van der Waals surface area contributed by atoms with Crippen molar-refractivity contribution >= 4 is 22.9 Å². The quantitative estimate of drug-likeness (QED) is 0.323. The van der Waals surface area contributed by atoms with E-state index < -0.39 is 5.91 Å². The maximum atomic E-state index is 11.3. The molecule has 3 N–H and O–H groups in total. The molecule has 4 rings (SSSR count). The Balaban J connectivity index is 1.51. The van der Waals surface area contributed by atoms with Crippen LogP contribution in [-0.2, 0) is 29.6 Å². The van der Waals surface area contributed by atoms with E-state index in [0.29, 0.717) is 0 Å². The number of H-pyrrole nitrogens is 1. The minimum atomic E-state index is -0.521. The molecule has 0 radical (unpaired) electrons. The van der Waals surface area contributed by atoms with E-state index in [1.165, 1.54) is 39.4 Å². The van der Waals surface area contributed by atoms with E-state index in [4.69, 9.17) is 5.21 Å². The van der Waals surface area contributed by atoms with Crippen LogP contribution >= 0.6 is 0 Å². The third kappa shape index (κ3) is 4.73. The smallest absolute Gasteiger partial charge is 0.267 e. The largest absolute Gasteiger partial charge is 0.358 e. The second-order valence-corrected chi connectivity index (χ2v) is 9.39. The summed E-state index contributed by atoms with van der Waals surface area (Å²) in [7, 11) is 0. The summed E-state index contributed by atoms with van der Waals surface area (Å²) in [5.41, 5.74) is 9.34. The van der Waals surface area contributed by atoms with Crippen LogP contribution in [0.1, 0.15) is 48.7 Å². The van der Waals surface area contributed by atoms with Gasteiger partial charge in [0.15, 0.2) is 0 Å². The summed E-state index contributed by atoms with van der Waals surface area (Å²) in [4.78, 5) is 17.4. The fourth-order valence-corrected chi connectivity index (χ4v) is 4.51. The molecule has 0 fully saturated rings. The molecule has 1 aliphatic heterocycles. The average molecular weight is 418 g/mol. The number of para-hydroxylation sites is 1. The third-order valence-corrected chi connectivity index (χ3v) is 6.10. The predicted octanol–water partition coefficient (Wildman–Crippen LogP) is 4.58. The van der Waals surface area contributed by atoms with Gasteiger partial charge in [0.05, 0.1) is 0 Å². The molecular weight excluding hydrogens is 386 g/mol. The zero-order chi connectivity index (χ0) is 22.0. The summed E-state index contributed by atoms with van der Waals surface area (Å²) >= 11 is 0. The number of fused-ring (bicyclic) bond motifs is 2. The standard InChI is InChI=1S/C26H31N3O2/c1-26(2,3)25-22(21-6-4-5-7-23(21)27-25)13-15-29-14-12-19-10-8-18(16-20(19)17-29)9-11-24(30)28-31/h4-11,16,27,31H,12-15,17H2,1-3H3,(H,28,30). The summed E-state index contributed by atoms with van der Waals surface area (Å²) in [5, 5.41) is 9.99. The van der Waals surface area contributed by atoms with Crippen molar-refractivity contribution in [3.63, 3.8) is 0 Å². The highest BCUT2D eigenvalue weighted by atomic mass is 16.5. The lowest BCUT2D eigenvalue weighted by atomic mass is 9.87. The van der Waals surface area contributed by atoms with E-state index in [9.17, 15) is 4.79 Å². The summed E-state index contributed by atoms with van der Waals surface area (Å²) < 4.78 is 0. The molecule has 31 heavy (non-hydrogen) atoms. The van der Waals surface area contributed by atoms with Gasteiger partial charge in [-0.3, -0.25) is 14.9 Å². The Labute approximate surface area is 183 Å². The number of rotatable bonds is 5. The van der Waals surface area contributed by atoms with Gasteiger partial charge in [-0.05, 0) is 47.2 Å². The topological polar surface area (TPSA) is 68.4 Å².